The van der Waals surface area contributed by atoms with Crippen molar-refractivity contribution in [2.75, 3.05) is 5.32 Å². The van der Waals surface area contributed by atoms with E-state index in [9.17, 15) is 4.79 Å². The Balaban J connectivity index is 1.33. The molecule has 0 radical (unpaired) electrons. The van der Waals surface area contributed by atoms with Gasteiger partial charge in [0.15, 0.2) is 0 Å². The zero-order valence-electron chi connectivity index (χ0n) is 18.1. The van der Waals surface area contributed by atoms with Crippen LogP contribution in [0.25, 0.3) is 32.7 Å². The Morgan fingerprint density at radius 3 is 2.79 bits per heavy atom. The Morgan fingerprint density at radius 2 is 1.91 bits per heavy atom. The van der Waals surface area contributed by atoms with Crippen LogP contribution in [0.3, 0.4) is 0 Å². The Hall–Kier alpha value is -3.61. The SMILES string of the molecule is O=C(Nc1cccc(-c2csc(-c3cccnc3)n2)c1)c1c2c(nc3ccc(Cl)cc13)CCC2. The Bertz CT molecular complexity index is 1550. The predicted octanol–water partition coefficient (Wildman–Crippen LogP) is 6.81. The largest absolute Gasteiger partial charge is 0.322 e. The number of nitrogens with one attached hydrogen (secondary N) is 1. The highest BCUT2D eigenvalue weighted by atomic mass is 35.5. The molecule has 2 aromatic carbocycles. The van der Waals surface area contributed by atoms with Gasteiger partial charge in [-0.3, -0.25) is 14.8 Å². The lowest BCUT2D eigenvalue weighted by Crippen LogP contribution is -2.15. The molecule has 5 aromatic rings. The highest BCUT2D eigenvalue weighted by Gasteiger charge is 2.24. The van der Waals surface area contributed by atoms with Crippen LogP contribution in [0.15, 0.2) is 72.4 Å². The molecule has 6 rings (SSSR count). The summed E-state index contributed by atoms with van der Waals surface area (Å²) < 4.78 is 0. The van der Waals surface area contributed by atoms with Gasteiger partial charge in [0.2, 0.25) is 0 Å². The average molecular weight is 483 g/mol. The number of hydrogen-bond donors (Lipinski definition) is 1. The molecule has 1 aliphatic rings. The standard InChI is InChI=1S/C27H19ClN4OS/c28-18-9-10-23-21(13-18)25(20-7-2-8-22(20)31-23)26(33)30-19-6-1-4-16(12-19)24-15-34-27(32-24)17-5-3-11-29-14-17/h1,3-6,9-15H,2,7-8H2,(H,30,33). The first kappa shape index (κ1) is 21.0. The van der Waals surface area contributed by atoms with Gasteiger partial charge < -0.3 is 5.32 Å². The Morgan fingerprint density at radius 1 is 1.00 bits per heavy atom. The maximum atomic E-state index is 13.5. The minimum absolute atomic E-state index is 0.140. The number of thiazole rings is 1. The van der Waals surface area contributed by atoms with Gasteiger partial charge in [-0.15, -0.1) is 11.3 Å². The minimum Gasteiger partial charge on any atom is -0.322 e. The van der Waals surface area contributed by atoms with Crippen molar-refractivity contribution in [3.05, 3.63) is 94.2 Å². The number of anilines is 1. The van der Waals surface area contributed by atoms with Crippen molar-refractivity contribution in [1.82, 2.24) is 15.0 Å². The Kier molecular flexibility index (Phi) is 5.32. The summed E-state index contributed by atoms with van der Waals surface area (Å²) in [5.74, 6) is -0.140. The number of carbonyl (C=O) groups excluding carboxylic acids is 1. The van der Waals surface area contributed by atoms with E-state index < -0.39 is 0 Å². The summed E-state index contributed by atoms with van der Waals surface area (Å²) in [4.78, 5) is 27.3. The lowest BCUT2D eigenvalue weighted by molar-refractivity contribution is 0.102. The number of benzene rings is 2. The van der Waals surface area contributed by atoms with Crippen LogP contribution < -0.4 is 5.32 Å². The second-order valence-corrected chi connectivity index (χ2v) is 9.54. The van der Waals surface area contributed by atoms with Crippen molar-refractivity contribution in [3.8, 4) is 21.8 Å². The van der Waals surface area contributed by atoms with Gasteiger partial charge >= 0.3 is 0 Å². The fourth-order valence-corrected chi connectivity index (χ4v) is 5.46. The maximum Gasteiger partial charge on any atom is 0.256 e. The number of carbonyl (C=O) groups is 1. The fourth-order valence-electron chi connectivity index (χ4n) is 4.47. The molecule has 0 bridgehead atoms. The second-order valence-electron chi connectivity index (χ2n) is 8.24. The fraction of sp³-hybridized carbons (Fsp3) is 0.111. The summed E-state index contributed by atoms with van der Waals surface area (Å²) in [6, 6.07) is 17.2. The normalized spacial score (nSPS) is 12.6. The van der Waals surface area contributed by atoms with Crippen LogP contribution in [0, 0.1) is 0 Å². The molecule has 0 atom stereocenters. The summed E-state index contributed by atoms with van der Waals surface area (Å²) in [7, 11) is 0. The third-order valence-corrected chi connectivity index (χ3v) is 7.16. The molecular formula is C27H19ClN4OS. The van der Waals surface area contributed by atoms with E-state index in [1.54, 1.807) is 17.5 Å². The molecule has 1 N–H and O–H groups in total. The van der Waals surface area contributed by atoms with Gasteiger partial charge in [-0.1, -0.05) is 23.7 Å². The van der Waals surface area contributed by atoms with Crippen LogP contribution in [0.4, 0.5) is 5.69 Å². The first-order valence-corrected chi connectivity index (χ1v) is 12.3. The highest BCUT2D eigenvalue weighted by Crippen LogP contribution is 2.33. The second kappa shape index (κ2) is 8.63. The maximum absolute atomic E-state index is 13.5. The summed E-state index contributed by atoms with van der Waals surface area (Å²) in [5.41, 5.74) is 7.03. The van der Waals surface area contributed by atoms with E-state index >= 15 is 0 Å². The number of hydrogen-bond acceptors (Lipinski definition) is 5. The molecule has 1 amide bonds. The third kappa shape index (κ3) is 3.85. The molecule has 1 aliphatic carbocycles. The molecule has 0 saturated carbocycles. The van der Waals surface area contributed by atoms with Crippen molar-refractivity contribution in [2.45, 2.75) is 19.3 Å². The number of pyridine rings is 2. The minimum atomic E-state index is -0.140. The van der Waals surface area contributed by atoms with Gasteiger partial charge in [0.1, 0.15) is 5.01 Å². The highest BCUT2D eigenvalue weighted by molar-refractivity contribution is 7.13. The molecule has 7 heteroatoms. The number of halogens is 1. The molecule has 3 aromatic heterocycles. The summed E-state index contributed by atoms with van der Waals surface area (Å²) >= 11 is 7.84. The zero-order valence-corrected chi connectivity index (χ0v) is 19.7. The van der Waals surface area contributed by atoms with Crippen molar-refractivity contribution in [3.63, 3.8) is 0 Å². The molecule has 3 heterocycles. The smallest absolute Gasteiger partial charge is 0.256 e. The van der Waals surface area contributed by atoms with Crippen molar-refractivity contribution < 1.29 is 4.79 Å². The number of aryl methyl sites for hydroxylation is 1. The molecule has 0 fully saturated rings. The number of rotatable bonds is 4. The van der Waals surface area contributed by atoms with Crippen molar-refractivity contribution in [2.24, 2.45) is 0 Å². The van der Waals surface area contributed by atoms with Crippen LogP contribution in [-0.2, 0) is 12.8 Å². The molecule has 166 valence electrons. The average Bonchev–Trinajstić information content (AvgIpc) is 3.53. The molecular weight excluding hydrogens is 464 g/mol. The quantitative estimate of drug-likeness (QED) is 0.305. The van der Waals surface area contributed by atoms with Crippen molar-refractivity contribution in [1.29, 1.82) is 0 Å². The lowest BCUT2D eigenvalue weighted by atomic mass is 10.0. The summed E-state index contributed by atoms with van der Waals surface area (Å²) in [5, 5.41) is 7.42. The molecule has 5 nitrogen and oxygen atoms in total. The first-order chi connectivity index (χ1) is 16.7. The van der Waals surface area contributed by atoms with Crippen LogP contribution in [0.2, 0.25) is 5.02 Å². The topological polar surface area (TPSA) is 67.8 Å². The number of fused-ring (bicyclic) bond motifs is 2. The van der Waals surface area contributed by atoms with E-state index in [4.69, 9.17) is 21.6 Å². The van der Waals surface area contributed by atoms with Crippen LogP contribution >= 0.6 is 22.9 Å². The number of nitrogens with zero attached hydrogens (tertiary/aromatic N) is 3. The van der Waals surface area contributed by atoms with E-state index in [2.05, 4.69) is 10.3 Å². The monoisotopic (exact) mass is 482 g/mol. The summed E-state index contributed by atoms with van der Waals surface area (Å²) in [6.07, 6.45) is 6.31. The molecule has 0 saturated heterocycles. The lowest BCUT2D eigenvalue weighted by Gasteiger charge is -2.13. The van der Waals surface area contributed by atoms with Gasteiger partial charge in [-0.2, -0.15) is 0 Å². The predicted molar refractivity (Wildman–Crippen MR) is 138 cm³/mol. The Labute approximate surface area is 205 Å². The van der Waals surface area contributed by atoms with E-state index in [0.29, 0.717) is 10.6 Å². The van der Waals surface area contributed by atoms with Gasteiger partial charge in [0.25, 0.3) is 5.91 Å². The van der Waals surface area contributed by atoms with Gasteiger partial charge in [0, 0.05) is 50.7 Å². The van der Waals surface area contributed by atoms with Crippen LogP contribution in [-0.4, -0.2) is 20.9 Å². The number of aromatic nitrogens is 3. The number of amides is 1. The van der Waals surface area contributed by atoms with Gasteiger partial charge in [0.05, 0.1) is 16.8 Å². The molecule has 0 spiro atoms. The summed E-state index contributed by atoms with van der Waals surface area (Å²) in [6.45, 7) is 0. The van der Waals surface area contributed by atoms with Crippen LogP contribution in [0.1, 0.15) is 28.0 Å². The van der Waals surface area contributed by atoms with Crippen molar-refractivity contribution >= 4 is 45.4 Å². The zero-order chi connectivity index (χ0) is 23.1. The first-order valence-electron chi connectivity index (χ1n) is 11.0. The van der Waals surface area contributed by atoms with E-state index in [0.717, 1.165) is 68.9 Å². The molecule has 34 heavy (non-hydrogen) atoms. The van der Waals surface area contributed by atoms with E-state index in [1.165, 1.54) is 0 Å². The van der Waals surface area contributed by atoms with Gasteiger partial charge in [-0.05, 0) is 67.3 Å². The molecule has 0 unspecified atom stereocenters. The van der Waals surface area contributed by atoms with E-state index in [-0.39, 0.29) is 5.91 Å². The molecule has 0 aliphatic heterocycles. The van der Waals surface area contributed by atoms with E-state index in [1.807, 2.05) is 66.2 Å². The van der Waals surface area contributed by atoms with Crippen LogP contribution in [0.5, 0.6) is 0 Å². The van der Waals surface area contributed by atoms with Gasteiger partial charge in [-0.25, -0.2) is 4.98 Å². The third-order valence-electron chi connectivity index (χ3n) is 6.03.